The number of rotatable bonds is 7. The molecule has 0 heterocycles. The SMILES string of the molecule is CC(C)CCN(C)S(=O)(=O)CC(C)CCl. The number of halogens is 1. The van der Waals surface area contributed by atoms with Gasteiger partial charge >= 0.3 is 0 Å². The van der Waals surface area contributed by atoms with E-state index < -0.39 is 10.0 Å². The van der Waals surface area contributed by atoms with Crippen LogP contribution < -0.4 is 0 Å². The van der Waals surface area contributed by atoms with Crippen LogP contribution in [0.1, 0.15) is 27.2 Å². The number of nitrogens with zero attached hydrogens (tertiary/aromatic N) is 1. The van der Waals surface area contributed by atoms with Gasteiger partial charge in [-0.25, -0.2) is 12.7 Å². The van der Waals surface area contributed by atoms with Gasteiger partial charge in [0.1, 0.15) is 0 Å². The summed E-state index contributed by atoms with van der Waals surface area (Å²) in [4.78, 5) is 0. The van der Waals surface area contributed by atoms with E-state index in [0.29, 0.717) is 18.3 Å². The van der Waals surface area contributed by atoms with Crippen molar-refractivity contribution in [3.05, 3.63) is 0 Å². The molecule has 0 radical (unpaired) electrons. The minimum atomic E-state index is -3.12. The lowest BCUT2D eigenvalue weighted by atomic mass is 10.1. The molecule has 0 aliphatic carbocycles. The molecule has 0 aromatic rings. The van der Waals surface area contributed by atoms with E-state index in [2.05, 4.69) is 13.8 Å². The van der Waals surface area contributed by atoms with Gasteiger partial charge in [-0.1, -0.05) is 20.8 Å². The molecule has 0 saturated heterocycles. The van der Waals surface area contributed by atoms with Gasteiger partial charge in [-0.2, -0.15) is 0 Å². The van der Waals surface area contributed by atoms with Crippen LogP contribution >= 0.6 is 11.6 Å². The summed E-state index contributed by atoms with van der Waals surface area (Å²) in [5.41, 5.74) is 0. The molecule has 0 N–H and O–H groups in total. The second-order valence-corrected chi connectivity index (χ2v) is 6.97. The lowest BCUT2D eigenvalue weighted by Crippen LogP contribution is -2.33. The van der Waals surface area contributed by atoms with E-state index in [1.54, 1.807) is 7.05 Å². The van der Waals surface area contributed by atoms with E-state index in [0.717, 1.165) is 6.42 Å². The van der Waals surface area contributed by atoms with Crippen LogP contribution in [0, 0.1) is 11.8 Å². The standard InChI is InChI=1S/C10H22ClNO2S/c1-9(2)5-6-12(4)15(13,14)8-10(3)7-11/h9-10H,5-8H2,1-4H3. The minimum absolute atomic E-state index is 0.0122. The minimum Gasteiger partial charge on any atom is -0.212 e. The molecule has 1 unspecified atom stereocenters. The molecule has 15 heavy (non-hydrogen) atoms. The van der Waals surface area contributed by atoms with Gasteiger partial charge in [0, 0.05) is 19.5 Å². The Hall–Kier alpha value is 0.200. The summed E-state index contributed by atoms with van der Waals surface area (Å²) < 4.78 is 25.0. The highest BCUT2D eigenvalue weighted by Gasteiger charge is 2.20. The fourth-order valence-electron chi connectivity index (χ4n) is 1.11. The Bertz CT molecular complexity index is 265. The van der Waals surface area contributed by atoms with Gasteiger partial charge in [0.05, 0.1) is 5.75 Å². The predicted octanol–water partition coefficient (Wildman–Crippen LogP) is 2.17. The molecule has 0 bridgehead atoms. The van der Waals surface area contributed by atoms with Crippen LogP contribution in [-0.4, -0.2) is 37.9 Å². The Balaban J connectivity index is 4.20. The molecule has 3 nitrogen and oxygen atoms in total. The highest BCUT2D eigenvalue weighted by Crippen LogP contribution is 2.09. The zero-order chi connectivity index (χ0) is 12.1. The van der Waals surface area contributed by atoms with Gasteiger partial charge in [0.2, 0.25) is 10.0 Å². The van der Waals surface area contributed by atoms with Crippen molar-refractivity contribution in [2.75, 3.05) is 25.2 Å². The van der Waals surface area contributed by atoms with Crippen molar-refractivity contribution < 1.29 is 8.42 Å². The molecular formula is C10H22ClNO2S. The first-order chi connectivity index (χ1) is 6.79. The summed E-state index contributed by atoms with van der Waals surface area (Å²) >= 11 is 5.61. The normalized spacial score (nSPS) is 14.9. The second kappa shape index (κ2) is 6.71. The fourth-order valence-corrected chi connectivity index (χ4v) is 2.82. The van der Waals surface area contributed by atoms with E-state index in [4.69, 9.17) is 11.6 Å². The van der Waals surface area contributed by atoms with E-state index in [1.807, 2.05) is 6.92 Å². The molecular weight excluding hydrogens is 234 g/mol. The van der Waals surface area contributed by atoms with Crippen molar-refractivity contribution in [3.8, 4) is 0 Å². The third-order valence-electron chi connectivity index (χ3n) is 2.25. The average Bonchev–Trinajstić information content (AvgIpc) is 2.13. The highest BCUT2D eigenvalue weighted by atomic mass is 35.5. The Morgan fingerprint density at radius 1 is 1.27 bits per heavy atom. The van der Waals surface area contributed by atoms with Gasteiger partial charge in [0.25, 0.3) is 0 Å². The van der Waals surface area contributed by atoms with Crippen molar-refractivity contribution in [2.24, 2.45) is 11.8 Å². The summed E-state index contributed by atoms with van der Waals surface area (Å²) in [7, 11) is -1.48. The third kappa shape index (κ3) is 6.38. The molecule has 5 heteroatoms. The smallest absolute Gasteiger partial charge is 0.212 e. The Morgan fingerprint density at radius 2 is 1.80 bits per heavy atom. The zero-order valence-electron chi connectivity index (χ0n) is 10.0. The number of hydrogen-bond acceptors (Lipinski definition) is 2. The first kappa shape index (κ1) is 15.2. The van der Waals surface area contributed by atoms with Gasteiger partial charge in [-0.15, -0.1) is 11.6 Å². The van der Waals surface area contributed by atoms with Crippen LogP contribution in [0.4, 0.5) is 0 Å². The van der Waals surface area contributed by atoms with E-state index in [-0.39, 0.29) is 11.7 Å². The summed E-state index contributed by atoms with van der Waals surface area (Å²) in [6.07, 6.45) is 0.894. The molecule has 0 rings (SSSR count). The molecule has 0 spiro atoms. The molecule has 0 amide bonds. The molecule has 0 aliphatic heterocycles. The Morgan fingerprint density at radius 3 is 2.20 bits per heavy atom. The fraction of sp³-hybridized carbons (Fsp3) is 1.00. The summed E-state index contributed by atoms with van der Waals surface area (Å²) in [5.74, 6) is 1.06. The maximum atomic E-state index is 11.8. The van der Waals surface area contributed by atoms with Crippen molar-refractivity contribution in [2.45, 2.75) is 27.2 Å². The maximum absolute atomic E-state index is 11.8. The summed E-state index contributed by atoms with van der Waals surface area (Å²) in [5, 5.41) is 0. The van der Waals surface area contributed by atoms with Crippen LogP contribution in [0.3, 0.4) is 0 Å². The molecule has 0 aromatic carbocycles. The number of hydrogen-bond donors (Lipinski definition) is 0. The Labute approximate surface area is 98.8 Å². The van der Waals surface area contributed by atoms with E-state index in [1.165, 1.54) is 4.31 Å². The van der Waals surface area contributed by atoms with Crippen LogP contribution in [0.15, 0.2) is 0 Å². The zero-order valence-corrected chi connectivity index (χ0v) is 11.6. The van der Waals surface area contributed by atoms with Crippen LogP contribution in [-0.2, 0) is 10.0 Å². The quantitative estimate of drug-likeness (QED) is 0.654. The lowest BCUT2D eigenvalue weighted by Gasteiger charge is -2.19. The molecule has 0 aromatic heterocycles. The highest BCUT2D eigenvalue weighted by molar-refractivity contribution is 7.89. The number of sulfonamides is 1. The Kier molecular flexibility index (Phi) is 6.80. The first-order valence-corrected chi connectivity index (χ1v) is 7.44. The maximum Gasteiger partial charge on any atom is 0.214 e. The summed E-state index contributed by atoms with van der Waals surface area (Å²) in [6, 6.07) is 0. The molecule has 92 valence electrons. The molecule has 0 fully saturated rings. The van der Waals surface area contributed by atoms with Crippen molar-refractivity contribution >= 4 is 21.6 Å². The monoisotopic (exact) mass is 255 g/mol. The molecule has 0 saturated carbocycles. The largest absolute Gasteiger partial charge is 0.214 e. The van der Waals surface area contributed by atoms with Crippen molar-refractivity contribution in [1.29, 1.82) is 0 Å². The average molecular weight is 256 g/mol. The number of alkyl halides is 1. The van der Waals surface area contributed by atoms with Crippen molar-refractivity contribution in [1.82, 2.24) is 4.31 Å². The lowest BCUT2D eigenvalue weighted by molar-refractivity contribution is 0.424. The van der Waals surface area contributed by atoms with Gasteiger partial charge in [-0.05, 0) is 18.3 Å². The predicted molar refractivity (Wildman–Crippen MR) is 65.8 cm³/mol. The molecule has 0 aliphatic rings. The van der Waals surface area contributed by atoms with Crippen LogP contribution in [0.25, 0.3) is 0 Å². The van der Waals surface area contributed by atoms with E-state index >= 15 is 0 Å². The molecule has 1 atom stereocenters. The summed E-state index contributed by atoms with van der Waals surface area (Å²) in [6.45, 7) is 6.61. The van der Waals surface area contributed by atoms with Crippen molar-refractivity contribution in [3.63, 3.8) is 0 Å². The third-order valence-corrected chi connectivity index (χ3v) is 4.90. The van der Waals surface area contributed by atoms with Gasteiger partial charge in [-0.3, -0.25) is 0 Å². The topological polar surface area (TPSA) is 37.4 Å². The second-order valence-electron chi connectivity index (χ2n) is 4.54. The first-order valence-electron chi connectivity index (χ1n) is 5.29. The van der Waals surface area contributed by atoms with Gasteiger partial charge in [0.15, 0.2) is 0 Å². The van der Waals surface area contributed by atoms with Gasteiger partial charge < -0.3 is 0 Å². The van der Waals surface area contributed by atoms with Crippen LogP contribution in [0.5, 0.6) is 0 Å². The van der Waals surface area contributed by atoms with E-state index in [9.17, 15) is 8.42 Å². The van der Waals surface area contributed by atoms with Crippen LogP contribution in [0.2, 0.25) is 0 Å².